The van der Waals surface area contributed by atoms with Crippen LogP contribution in [-0.2, 0) is 0 Å². The highest BCUT2D eigenvalue weighted by atomic mass is 16.5. The van der Waals surface area contributed by atoms with E-state index in [-0.39, 0.29) is 0 Å². The fourth-order valence-electron chi connectivity index (χ4n) is 1.65. The fraction of sp³-hybridized carbons (Fsp3) is 0.0769. The van der Waals surface area contributed by atoms with Gasteiger partial charge in [0.05, 0.1) is 13.3 Å². The number of ether oxygens (including phenoxy) is 1. The Balaban J connectivity index is 1.69. The van der Waals surface area contributed by atoms with E-state index in [9.17, 15) is 0 Å². The summed E-state index contributed by atoms with van der Waals surface area (Å²) in [6.07, 6.45) is 3.24. The molecule has 0 unspecified atom stereocenters. The number of nitrogens with one attached hydrogen (secondary N) is 1. The second-order valence-electron chi connectivity index (χ2n) is 4.00. The first-order valence-electron chi connectivity index (χ1n) is 5.95. The van der Waals surface area contributed by atoms with E-state index in [0.29, 0.717) is 11.5 Å². The van der Waals surface area contributed by atoms with Crippen LogP contribution in [0.4, 0.5) is 5.82 Å². The molecule has 7 nitrogen and oxygen atoms in total. The average molecular weight is 268 g/mol. The summed E-state index contributed by atoms with van der Waals surface area (Å²) in [5.74, 6) is 1.43. The van der Waals surface area contributed by atoms with Crippen LogP contribution in [0.2, 0.25) is 0 Å². The van der Waals surface area contributed by atoms with Crippen LogP contribution >= 0.6 is 0 Å². The first-order valence-corrected chi connectivity index (χ1v) is 5.95. The van der Waals surface area contributed by atoms with Crippen molar-refractivity contribution in [2.24, 2.45) is 5.10 Å². The van der Waals surface area contributed by atoms with Gasteiger partial charge in [-0.2, -0.15) is 9.62 Å². The van der Waals surface area contributed by atoms with Crippen molar-refractivity contribution in [1.29, 1.82) is 0 Å². The summed E-state index contributed by atoms with van der Waals surface area (Å²) in [5.41, 5.74) is 4.51. The molecule has 0 aliphatic rings. The van der Waals surface area contributed by atoms with E-state index in [2.05, 4.69) is 25.8 Å². The van der Waals surface area contributed by atoms with E-state index in [1.165, 1.54) is 6.33 Å². The zero-order valence-electron chi connectivity index (χ0n) is 10.8. The van der Waals surface area contributed by atoms with Gasteiger partial charge in [-0.05, 0) is 42.0 Å². The van der Waals surface area contributed by atoms with Gasteiger partial charge >= 0.3 is 0 Å². The molecule has 3 rings (SSSR count). The van der Waals surface area contributed by atoms with Crippen LogP contribution in [0.15, 0.2) is 47.8 Å². The molecular formula is C13H12N6O. The highest BCUT2D eigenvalue weighted by Crippen LogP contribution is 2.10. The van der Waals surface area contributed by atoms with Crippen LogP contribution in [-0.4, -0.2) is 33.1 Å². The van der Waals surface area contributed by atoms with Crippen LogP contribution < -0.4 is 10.2 Å². The summed E-state index contributed by atoms with van der Waals surface area (Å²) in [7, 11) is 1.64. The van der Waals surface area contributed by atoms with Crippen LogP contribution in [0.1, 0.15) is 5.56 Å². The molecule has 20 heavy (non-hydrogen) atoms. The van der Waals surface area contributed by atoms with E-state index in [1.54, 1.807) is 23.9 Å². The molecule has 0 saturated heterocycles. The zero-order valence-corrected chi connectivity index (χ0v) is 10.8. The molecule has 0 aliphatic heterocycles. The van der Waals surface area contributed by atoms with Gasteiger partial charge < -0.3 is 4.74 Å². The number of benzene rings is 1. The van der Waals surface area contributed by atoms with Crippen molar-refractivity contribution in [3.63, 3.8) is 0 Å². The Hall–Kier alpha value is -2.96. The highest BCUT2D eigenvalue weighted by Gasteiger charge is 1.97. The minimum Gasteiger partial charge on any atom is -0.497 e. The molecule has 2 aromatic heterocycles. The number of methoxy groups -OCH3 is 1. The lowest BCUT2D eigenvalue weighted by Gasteiger charge is -2.00. The summed E-state index contributed by atoms with van der Waals surface area (Å²) in [4.78, 5) is 0. The first kappa shape index (κ1) is 12.1. The molecule has 7 heteroatoms. The molecule has 0 fully saturated rings. The molecule has 1 N–H and O–H groups in total. The van der Waals surface area contributed by atoms with E-state index in [1.807, 2.05) is 30.3 Å². The Bertz CT molecular complexity index is 734. The normalized spacial score (nSPS) is 11.1. The topological polar surface area (TPSA) is 76.7 Å². The van der Waals surface area contributed by atoms with Crippen LogP contribution in [0.3, 0.4) is 0 Å². The molecule has 0 radical (unpaired) electrons. The van der Waals surface area contributed by atoms with E-state index < -0.39 is 0 Å². The van der Waals surface area contributed by atoms with Gasteiger partial charge in [-0.1, -0.05) is 0 Å². The minimum absolute atomic E-state index is 0.613. The van der Waals surface area contributed by atoms with Gasteiger partial charge in [0.1, 0.15) is 12.1 Å². The lowest BCUT2D eigenvalue weighted by Crippen LogP contribution is -1.98. The van der Waals surface area contributed by atoms with Crippen molar-refractivity contribution in [1.82, 2.24) is 19.8 Å². The smallest absolute Gasteiger partial charge is 0.177 e. The van der Waals surface area contributed by atoms with E-state index in [4.69, 9.17) is 4.74 Å². The standard InChI is InChI=1S/C13H12N6O/c1-20-11-4-2-10(3-5-11)8-14-16-12-6-7-13-17-15-9-19(13)18-12/h2-9H,1H3,(H,16,18). The number of aromatic nitrogens is 4. The monoisotopic (exact) mass is 268 g/mol. The van der Waals surface area contributed by atoms with Gasteiger partial charge in [-0.25, -0.2) is 0 Å². The molecule has 0 amide bonds. The van der Waals surface area contributed by atoms with Gasteiger partial charge in [-0.3, -0.25) is 5.43 Å². The molecule has 0 spiro atoms. The van der Waals surface area contributed by atoms with Crippen molar-refractivity contribution in [2.45, 2.75) is 0 Å². The van der Waals surface area contributed by atoms with Crippen molar-refractivity contribution in [2.75, 3.05) is 12.5 Å². The highest BCUT2D eigenvalue weighted by molar-refractivity contribution is 5.80. The molecule has 3 aromatic rings. The maximum atomic E-state index is 5.09. The number of nitrogens with zero attached hydrogens (tertiary/aromatic N) is 5. The maximum Gasteiger partial charge on any atom is 0.177 e. The van der Waals surface area contributed by atoms with Crippen LogP contribution in [0.5, 0.6) is 5.75 Å². The molecule has 100 valence electrons. The quantitative estimate of drug-likeness (QED) is 0.574. The van der Waals surface area contributed by atoms with Gasteiger partial charge in [0.2, 0.25) is 0 Å². The van der Waals surface area contributed by atoms with E-state index in [0.717, 1.165) is 11.3 Å². The minimum atomic E-state index is 0.613. The predicted molar refractivity (Wildman–Crippen MR) is 75.0 cm³/mol. The van der Waals surface area contributed by atoms with Gasteiger partial charge in [0.25, 0.3) is 0 Å². The third-order valence-electron chi connectivity index (χ3n) is 2.67. The first-order chi connectivity index (χ1) is 9.85. The molecule has 1 aromatic carbocycles. The third-order valence-corrected chi connectivity index (χ3v) is 2.67. The van der Waals surface area contributed by atoms with Crippen LogP contribution in [0, 0.1) is 0 Å². The van der Waals surface area contributed by atoms with Crippen molar-refractivity contribution in [3.05, 3.63) is 48.3 Å². The maximum absolute atomic E-state index is 5.09. The fourth-order valence-corrected chi connectivity index (χ4v) is 1.65. The summed E-state index contributed by atoms with van der Waals surface area (Å²) >= 11 is 0. The number of rotatable bonds is 4. The summed E-state index contributed by atoms with van der Waals surface area (Å²) in [6, 6.07) is 11.2. The number of hydrazone groups is 1. The number of anilines is 1. The Morgan fingerprint density at radius 2 is 2.05 bits per heavy atom. The lowest BCUT2D eigenvalue weighted by molar-refractivity contribution is 0.415. The van der Waals surface area contributed by atoms with Gasteiger partial charge in [0, 0.05) is 0 Å². The van der Waals surface area contributed by atoms with Crippen molar-refractivity contribution >= 4 is 17.7 Å². The Labute approximate surface area is 114 Å². The number of hydrogen-bond acceptors (Lipinski definition) is 6. The Morgan fingerprint density at radius 3 is 2.85 bits per heavy atom. The summed E-state index contributed by atoms with van der Waals surface area (Å²) in [5, 5.41) is 16.0. The largest absolute Gasteiger partial charge is 0.497 e. The SMILES string of the molecule is COc1ccc(C=NNc2ccc3nncn3n2)cc1. The molecule has 2 heterocycles. The summed E-state index contributed by atoms with van der Waals surface area (Å²) in [6.45, 7) is 0. The zero-order chi connectivity index (χ0) is 13.8. The predicted octanol–water partition coefficient (Wildman–Crippen LogP) is 1.58. The van der Waals surface area contributed by atoms with Crippen molar-refractivity contribution < 1.29 is 4.74 Å². The number of fused-ring (bicyclic) bond motifs is 1. The third kappa shape index (κ3) is 2.56. The van der Waals surface area contributed by atoms with Gasteiger partial charge in [0.15, 0.2) is 11.5 Å². The number of hydrogen-bond donors (Lipinski definition) is 1. The van der Waals surface area contributed by atoms with E-state index >= 15 is 0 Å². The lowest BCUT2D eigenvalue weighted by atomic mass is 10.2. The molecule has 0 aliphatic carbocycles. The van der Waals surface area contributed by atoms with Crippen molar-refractivity contribution in [3.8, 4) is 5.75 Å². The molecule has 0 bridgehead atoms. The Kier molecular flexibility index (Phi) is 3.24. The Morgan fingerprint density at radius 1 is 1.20 bits per heavy atom. The average Bonchev–Trinajstić information content (AvgIpc) is 2.95. The molecule has 0 saturated carbocycles. The van der Waals surface area contributed by atoms with Crippen LogP contribution in [0.25, 0.3) is 5.65 Å². The molecule has 0 atom stereocenters. The van der Waals surface area contributed by atoms with Gasteiger partial charge in [-0.15, -0.1) is 15.3 Å². The molecular weight excluding hydrogens is 256 g/mol. The second-order valence-corrected chi connectivity index (χ2v) is 4.00. The second kappa shape index (κ2) is 5.35. The summed E-state index contributed by atoms with van der Waals surface area (Å²) < 4.78 is 6.67.